The van der Waals surface area contributed by atoms with Gasteiger partial charge in [-0.3, -0.25) is 0 Å². The Morgan fingerprint density at radius 2 is 0.983 bits per heavy atom. The third-order valence-electron chi connectivity index (χ3n) is 11.3. The van der Waals surface area contributed by atoms with Gasteiger partial charge in [0.25, 0.3) is 0 Å². The first-order valence-electron chi connectivity index (χ1n) is 19.4. The van der Waals surface area contributed by atoms with Gasteiger partial charge in [0.1, 0.15) is 0 Å². The third-order valence-corrected chi connectivity index (χ3v) is 13.6. The Kier molecular flexibility index (Phi) is 7.58. The zero-order valence-corrected chi connectivity index (χ0v) is 32.7. The molecule has 58 heavy (non-hydrogen) atoms. The van der Waals surface area contributed by atoms with E-state index in [1.807, 2.05) is 40.9 Å². The van der Waals surface area contributed by atoms with Crippen molar-refractivity contribution >= 4 is 84.7 Å². The van der Waals surface area contributed by atoms with E-state index < -0.39 is 0 Å². The van der Waals surface area contributed by atoms with Crippen molar-refractivity contribution in [3.05, 3.63) is 188 Å². The molecule has 0 aliphatic heterocycles. The lowest BCUT2D eigenvalue weighted by Crippen LogP contribution is -1.96. The highest BCUT2D eigenvalue weighted by molar-refractivity contribution is 7.27. The summed E-state index contributed by atoms with van der Waals surface area (Å²) >= 11 is 3.70. The molecule has 0 aliphatic carbocycles. The molecule has 8 aromatic carbocycles. The van der Waals surface area contributed by atoms with E-state index in [4.69, 9.17) is 15.0 Å². The molecule has 0 radical (unpaired) electrons. The summed E-state index contributed by atoms with van der Waals surface area (Å²) in [5, 5.41) is 8.70. The van der Waals surface area contributed by atoms with Crippen LogP contribution in [0, 0.1) is 0 Å². The van der Waals surface area contributed by atoms with E-state index in [2.05, 4.69) is 170 Å². The molecule has 0 saturated heterocycles. The van der Waals surface area contributed by atoms with Gasteiger partial charge in [0.15, 0.2) is 5.82 Å². The number of pyridine rings is 1. The lowest BCUT2D eigenvalue weighted by molar-refractivity contribution is 1.19. The fourth-order valence-corrected chi connectivity index (χ4v) is 10.9. The van der Waals surface area contributed by atoms with Crippen LogP contribution in [0.3, 0.4) is 0 Å². The summed E-state index contributed by atoms with van der Waals surface area (Å²) in [5.74, 6) is 0.718. The number of hydrogen-bond acceptors (Lipinski definition) is 5. The van der Waals surface area contributed by atoms with Gasteiger partial charge in [-0.05, 0) is 47.5 Å². The van der Waals surface area contributed by atoms with Crippen LogP contribution in [0.25, 0.3) is 118 Å². The van der Waals surface area contributed by atoms with Crippen LogP contribution in [0.2, 0.25) is 0 Å². The molecular weight excluding hydrogens is 743 g/mol. The molecule has 0 spiro atoms. The highest BCUT2D eigenvalue weighted by Crippen LogP contribution is 2.45. The molecule has 0 fully saturated rings. The number of fused-ring (bicyclic) bond motifs is 10. The van der Waals surface area contributed by atoms with Crippen LogP contribution in [0.4, 0.5) is 0 Å². The number of nitrogens with zero attached hydrogens (tertiary/aromatic N) is 3. The van der Waals surface area contributed by atoms with Crippen molar-refractivity contribution in [3.8, 4) is 56.3 Å². The average Bonchev–Trinajstić information content (AvgIpc) is 3.87. The Labute approximate surface area is 342 Å². The first kappa shape index (κ1) is 33.1. The zero-order valence-electron chi connectivity index (χ0n) is 31.1. The third kappa shape index (κ3) is 5.36. The highest BCUT2D eigenvalue weighted by atomic mass is 32.1. The molecule has 0 saturated carbocycles. The fraction of sp³-hybridized carbons (Fsp3) is 0. The molecule has 12 rings (SSSR count). The SMILES string of the molecule is c1ccc(-c2nc(-c3ccc(-c4ccc5sc6c(ccc7c(-c8ccccc8)nc8ccccc8c76)c5c4)cc3)cc(-c3cccc4sc5ccccc5c34)n2)cc1. The molecule has 5 heteroatoms. The van der Waals surface area contributed by atoms with Gasteiger partial charge in [0, 0.05) is 78.8 Å². The van der Waals surface area contributed by atoms with E-state index >= 15 is 0 Å². The van der Waals surface area contributed by atoms with Crippen LogP contribution in [0.1, 0.15) is 0 Å². The highest BCUT2D eigenvalue weighted by Gasteiger charge is 2.18. The maximum atomic E-state index is 5.20. The lowest BCUT2D eigenvalue weighted by Gasteiger charge is -2.11. The van der Waals surface area contributed by atoms with Crippen LogP contribution in [-0.4, -0.2) is 15.0 Å². The topological polar surface area (TPSA) is 38.7 Å². The average molecular weight is 774 g/mol. The Morgan fingerprint density at radius 1 is 0.328 bits per heavy atom. The molecule has 0 atom stereocenters. The minimum atomic E-state index is 0.718. The second kappa shape index (κ2) is 13.3. The molecule has 270 valence electrons. The molecule has 0 aliphatic rings. The number of para-hydroxylation sites is 1. The van der Waals surface area contributed by atoms with Crippen molar-refractivity contribution in [2.24, 2.45) is 0 Å². The van der Waals surface area contributed by atoms with E-state index in [1.165, 1.54) is 67.6 Å². The molecule has 3 nitrogen and oxygen atoms in total. The summed E-state index contributed by atoms with van der Waals surface area (Å²) in [7, 11) is 0. The summed E-state index contributed by atoms with van der Waals surface area (Å²) < 4.78 is 5.12. The van der Waals surface area contributed by atoms with Crippen LogP contribution >= 0.6 is 22.7 Å². The monoisotopic (exact) mass is 773 g/mol. The van der Waals surface area contributed by atoms with Crippen LogP contribution < -0.4 is 0 Å². The quantitative estimate of drug-likeness (QED) is 0.164. The molecule has 4 heterocycles. The molecule has 0 amide bonds. The molecule has 0 unspecified atom stereocenters. The van der Waals surface area contributed by atoms with Gasteiger partial charge >= 0.3 is 0 Å². The van der Waals surface area contributed by atoms with Crippen molar-refractivity contribution in [2.45, 2.75) is 0 Å². The van der Waals surface area contributed by atoms with E-state index in [1.54, 1.807) is 0 Å². The Bertz CT molecular complexity index is 3550. The zero-order chi connectivity index (χ0) is 38.2. The Hall–Kier alpha value is -7.05. The van der Waals surface area contributed by atoms with E-state index in [0.29, 0.717) is 0 Å². The Morgan fingerprint density at radius 3 is 1.83 bits per heavy atom. The predicted molar refractivity (Wildman–Crippen MR) is 248 cm³/mol. The summed E-state index contributed by atoms with van der Waals surface area (Å²) in [6.45, 7) is 0. The molecular formula is C53H31N3S2. The van der Waals surface area contributed by atoms with Gasteiger partial charge in [-0.2, -0.15) is 0 Å². The predicted octanol–water partition coefficient (Wildman–Crippen LogP) is 15.2. The minimum absolute atomic E-state index is 0.718. The lowest BCUT2D eigenvalue weighted by atomic mass is 9.97. The van der Waals surface area contributed by atoms with E-state index in [9.17, 15) is 0 Å². The summed E-state index contributed by atoms with van der Waals surface area (Å²) in [6.07, 6.45) is 0. The normalized spacial score (nSPS) is 11.8. The van der Waals surface area contributed by atoms with Crippen LogP contribution in [0.15, 0.2) is 188 Å². The second-order valence-corrected chi connectivity index (χ2v) is 16.8. The molecule has 0 N–H and O–H groups in total. The van der Waals surface area contributed by atoms with Gasteiger partial charge in [0.2, 0.25) is 0 Å². The van der Waals surface area contributed by atoms with Crippen molar-refractivity contribution in [3.63, 3.8) is 0 Å². The van der Waals surface area contributed by atoms with Gasteiger partial charge in [-0.25, -0.2) is 15.0 Å². The van der Waals surface area contributed by atoms with E-state index in [0.717, 1.165) is 50.7 Å². The van der Waals surface area contributed by atoms with Gasteiger partial charge in [0.05, 0.1) is 22.6 Å². The first-order valence-corrected chi connectivity index (χ1v) is 21.1. The molecule has 12 aromatic rings. The number of thiophene rings is 2. The van der Waals surface area contributed by atoms with Crippen molar-refractivity contribution in [2.75, 3.05) is 0 Å². The maximum Gasteiger partial charge on any atom is 0.160 e. The van der Waals surface area contributed by atoms with Crippen molar-refractivity contribution < 1.29 is 0 Å². The smallest absolute Gasteiger partial charge is 0.160 e. The number of aromatic nitrogens is 3. The standard InChI is InChI=1S/C53H31N3S2/c1-3-12-34(13-4-1)51-41-28-27-37-42-30-36(26-29-47(42)58-52(37)50(41)38-16-7-9-19-43(38)54-51)32-22-24-33(25-23-32)44-31-45(56-53(55-44)35-14-5-2-6-15-35)39-18-11-21-48-49(39)40-17-8-10-20-46(40)57-48/h1-31H. The van der Waals surface area contributed by atoms with Crippen molar-refractivity contribution in [1.82, 2.24) is 15.0 Å². The van der Waals surface area contributed by atoms with Gasteiger partial charge in [-0.1, -0.05) is 152 Å². The number of hydrogen-bond donors (Lipinski definition) is 0. The first-order chi connectivity index (χ1) is 28.7. The number of rotatable bonds is 5. The Balaban J connectivity index is 0.973. The van der Waals surface area contributed by atoms with Crippen LogP contribution in [-0.2, 0) is 0 Å². The fourth-order valence-electron chi connectivity index (χ4n) is 8.53. The van der Waals surface area contributed by atoms with Gasteiger partial charge < -0.3 is 0 Å². The summed E-state index contributed by atoms with van der Waals surface area (Å²) in [4.78, 5) is 15.5. The minimum Gasteiger partial charge on any atom is -0.247 e. The summed E-state index contributed by atoms with van der Waals surface area (Å²) in [5.41, 5.74) is 10.5. The number of benzene rings is 8. The second-order valence-electron chi connectivity index (χ2n) is 14.7. The maximum absolute atomic E-state index is 5.20. The van der Waals surface area contributed by atoms with Gasteiger partial charge in [-0.15, -0.1) is 22.7 Å². The summed E-state index contributed by atoms with van der Waals surface area (Å²) in [6, 6.07) is 67.1. The molecule has 4 aromatic heterocycles. The largest absolute Gasteiger partial charge is 0.247 e. The molecule has 0 bridgehead atoms. The van der Waals surface area contributed by atoms with Crippen molar-refractivity contribution in [1.29, 1.82) is 0 Å². The van der Waals surface area contributed by atoms with E-state index in [-0.39, 0.29) is 0 Å². The van der Waals surface area contributed by atoms with Crippen LogP contribution in [0.5, 0.6) is 0 Å².